The Hall–Kier alpha value is -2.67. The van der Waals surface area contributed by atoms with Gasteiger partial charge < -0.3 is 14.0 Å². The van der Waals surface area contributed by atoms with Crippen LogP contribution in [0.5, 0.6) is 5.75 Å². The average molecular weight is 330 g/mol. The summed E-state index contributed by atoms with van der Waals surface area (Å²) in [7, 11) is 1.60. The number of nitrogens with zero attached hydrogens (tertiary/aromatic N) is 2. The van der Waals surface area contributed by atoms with E-state index in [2.05, 4.69) is 10.1 Å². The lowest BCUT2D eigenvalue weighted by molar-refractivity contribution is -0.144. The van der Waals surface area contributed by atoms with Crippen molar-refractivity contribution in [1.82, 2.24) is 10.1 Å². The minimum absolute atomic E-state index is 0.0113. The molecule has 3 aromatic rings. The fraction of sp³-hybridized carbons (Fsp3) is 0.188. The molecule has 0 radical (unpaired) electrons. The van der Waals surface area contributed by atoms with E-state index in [1.807, 2.05) is 29.0 Å². The summed E-state index contributed by atoms with van der Waals surface area (Å²) in [6.45, 7) is -0.0113. The van der Waals surface area contributed by atoms with Gasteiger partial charge in [0.1, 0.15) is 5.75 Å². The zero-order valence-electron chi connectivity index (χ0n) is 12.4. The van der Waals surface area contributed by atoms with Crippen LogP contribution in [0.1, 0.15) is 11.4 Å². The van der Waals surface area contributed by atoms with Gasteiger partial charge in [0.15, 0.2) is 6.61 Å². The molecule has 0 atom stereocenters. The summed E-state index contributed by atoms with van der Waals surface area (Å²) >= 11 is 1.54. The van der Waals surface area contributed by atoms with Crippen molar-refractivity contribution < 1.29 is 18.8 Å². The van der Waals surface area contributed by atoms with Gasteiger partial charge in [0.2, 0.25) is 5.82 Å². The Labute approximate surface area is 136 Å². The first-order valence-electron chi connectivity index (χ1n) is 6.88. The third kappa shape index (κ3) is 3.95. The topological polar surface area (TPSA) is 74.5 Å². The van der Waals surface area contributed by atoms with E-state index in [0.29, 0.717) is 11.7 Å². The molecule has 0 saturated heterocycles. The predicted molar refractivity (Wildman–Crippen MR) is 84.1 cm³/mol. The molecule has 3 rings (SSSR count). The summed E-state index contributed by atoms with van der Waals surface area (Å²) in [6.07, 6.45) is 0.243. The van der Waals surface area contributed by atoms with E-state index < -0.39 is 0 Å². The average Bonchev–Trinajstić information content (AvgIpc) is 3.25. The second-order valence-electron chi connectivity index (χ2n) is 4.71. The summed E-state index contributed by atoms with van der Waals surface area (Å²) < 4.78 is 15.4. The monoisotopic (exact) mass is 330 g/mol. The normalized spacial score (nSPS) is 10.5. The second kappa shape index (κ2) is 7.06. The number of hydrogen-bond donors (Lipinski definition) is 0. The Balaban J connectivity index is 1.57. The van der Waals surface area contributed by atoms with Gasteiger partial charge in [0.05, 0.1) is 13.5 Å². The highest BCUT2D eigenvalue weighted by Gasteiger charge is 2.11. The first-order valence-corrected chi connectivity index (χ1v) is 7.82. The Morgan fingerprint density at radius 1 is 1.26 bits per heavy atom. The molecule has 6 nitrogen and oxygen atoms in total. The number of methoxy groups -OCH3 is 1. The van der Waals surface area contributed by atoms with Crippen molar-refractivity contribution in [3.05, 3.63) is 52.5 Å². The number of benzene rings is 1. The van der Waals surface area contributed by atoms with Crippen LogP contribution in [0, 0.1) is 0 Å². The van der Waals surface area contributed by atoms with Gasteiger partial charge in [-0.15, -0.1) is 0 Å². The highest BCUT2D eigenvalue weighted by molar-refractivity contribution is 7.07. The van der Waals surface area contributed by atoms with Crippen LogP contribution < -0.4 is 4.74 Å². The summed E-state index contributed by atoms with van der Waals surface area (Å²) in [5, 5.41) is 7.65. The van der Waals surface area contributed by atoms with Gasteiger partial charge in [0, 0.05) is 5.56 Å². The van der Waals surface area contributed by atoms with Gasteiger partial charge in [-0.25, -0.2) is 0 Å². The van der Waals surface area contributed by atoms with Crippen LogP contribution >= 0.6 is 11.3 Å². The number of ether oxygens (including phenoxy) is 2. The highest BCUT2D eigenvalue weighted by atomic mass is 32.1. The second-order valence-corrected chi connectivity index (χ2v) is 5.49. The van der Waals surface area contributed by atoms with Crippen molar-refractivity contribution in [2.24, 2.45) is 0 Å². The molecule has 118 valence electrons. The molecule has 2 heterocycles. The quantitative estimate of drug-likeness (QED) is 0.647. The van der Waals surface area contributed by atoms with Crippen molar-refractivity contribution >= 4 is 17.3 Å². The summed E-state index contributed by atoms with van der Waals surface area (Å²) in [5.41, 5.74) is 1.71. The van der Waals surface area contributed by atoms with Crippen LogP contribution in [0.3, 0.4) is 0 Å². The van der Waals surface area contributed by atoms with Crippen molar-refractivity contribution in [2.75, 3.05) is 7.11 Å². The Morgan fingerprint density at radius 3 is 2.78 bits per heavy atom. The molecule has 0 aliphatic carbocycles. The van der Waals surface area contributed by atoms with Crippen molar-refractivity contribution in [2.45, 2.75) is 13.0 Å². The maximum absolute atomic E-state index is 11.7. The van der Waals surface area contributed by atoms with Crippen LogP contribution in [0.15, 0.2) is 45.6 Å². The molecule has 0 aliphatic rings. The Bertz CT molecular complexity index is 766. The van der Waals surface area contributed by atoms with Gasteiger partial charge >= 0.3 is 5.97 Å². The van der Waals surface area contributed by atoms with Gasteiger partial charge in [-0.1, -0.05) is 5.16 Å². The molecular formula is C16H14N2O4S. The summed E-state index contributed by atoms with van der Waals surface area (Å²) in [6, 6.07) is 9.14. The van der Waals surface area contributed by atoms with E-state index in [9.17, 15) is 4.79 Å². The smallest absolute Gasteiger partial charge is 0.310 e. The zero-order valence-corrected chi connectivity index (χ0v) is 13.2. The minimum atomic E-state index is -0.320. The molecular weight excluding hydrogens is 316 g/mol. The molecule has 1 aromatic carbocycles. The number of carbonyl (C=O) groups is 1. The molecule has 0 N–H and O–H groups in total. The largest absolute Gasteiger partial charge is 0.497 e. The lowest BCUT2D eigenvalue weighted by atomic mass is 10.2. The molecule has 0 saturated carbocycles. The molecule has 7 heteroatoms. The maximum atomic E-state index is 11.7. The van der Waals surface area contributed by atoms with Crippen LogP contribution in [0.2, 0.25) is 0 Å². The Morgan fingerprint density at radius 2 is 2.09 bits per heavy atom. The van der Waals surface area contributed by atoms with E-state index in [4.69, 9.17) is 14.0 Å². The predicted octanol–water partition coefficient (Wildman–Crippen LogP) is 3.09. The standard InChI is InChI=1S/C16H14N2O4S/c1-20-13-4-2-12(3-5-13)16-17-14(18-22-16)9-21-15(19)8-11-6-7-23-10-11/h2-7,10H,8-9H2,1H3. The van der Waals surface area contributed by atoms with Crippen molar-refractivity contribution in [3.63, 3.8) is 0 Å². The number of esters is 1. The molecule has 0 bridgehead atoms. The lowest BCUT2D eigenvalue weighted by Gasteiger charge is -2.00. The van der Waals surface area contributed by atoms with Crippen LogP contribution in [-0.2, 0) is 22.6 Å². The van der Waals surface area contributed by atoms with Gasteiger partial charge in [0.25, 0.3) is 5.89 Å². The van der Waals surface area contributed by atoms with Crippen molar-refractivity contribution in [3.8, 4) is 17.2 Å². The number of hydrogen-bond acceptors (Lipinski definition) is 7. The van der Waals surface area contributed by atoms with Crippen LogP contribution in [0.4, 0.5) is 0 Å². The molecule has 2 aromatic heterocycles. The van der Waals surface area contributed by atoms with Gasteiger partial charge in [-0.2, -0.15) is 16.3 Å². The number of thiophene rings is 1. The summed E-state index contributed by atoms with van der Waals surface area (Å²) in [5.74, 6) is 1.13. The zero-order chi connectivity index (χ0) is 16.1. The third-order valence-corrected chi connectivity index (χ3v) is 3.83. The van der Waals surface area contributed by atoms with E-state index in [1.165, 1.54) is 0 Å². The highest BCUT2D eigenvalue weighted by Crippen LogP contribution is 2.20. The molecule has 0 unspecified atom stereocenters. The number of aromatic nitrogens is 2. The minimum Gasteiger partial charge on any atom is -0.497 e. The number of rotatable bonds is 6. The summed E-state index contributed by atoms with van der Waals surface area (Å²) in [4.78, 5) is 15.9. The molecule has 0 aliphatic heterocycles. The SMILES string of the molecule is COc1ccc(-c2nc(COC(=O)Cc3ccsc3)no2)cc1. The van der Waals surface area contributed by atoms with E-state index in [1.54, 1.807) is 30.6 Å². The molecule has 0 fully saturated rings. The van der Waals surface area contributed by atoms with E-state index in [0.717, 1.165) is 16.9 Å². The van der Waals surface area contributed by atoms with E-state index in [-0.39, 0.29) is 19.0 Å². The first-order chi connectivity index (χ1) is 11.2. The number of carbonyl (C=O) groups excluding carboxylic acids is 1. The fourth-order valence-corrected chi connectivity index (χ4v) is 2.59. The van der Waals surface area contributed by atoms with Gasteiger partial charge in [-0.3, -0.25) is 4.79 Å². The van der Waals surface area contributed by atoms with E-state index >= 15 is 0 Å². The maximum Gasteiger partial charge on any atom is 0.310 e. The molecule has 23 heavy (non-hydrogen) atoms. The lowest BCUT2D eigenvalue weighted by Crippen LogP contribution is -2.08. The van der Waals surface area contributed by atoms with Crippen molar-refractivity contribution in [1.29, 1.82) is 0 Å². The molecule has 0 spiro atoms. The Kier molecular flexibility index (Phi) is 4.68. The van der Waals surface area contributed by atoms with Crippen LogP contribution in [0.25, 0.3) is 11.5 Å². The van der Waals surface area contributed by atoms with Crippen LogP contribution in [-0.4, -0.2) is 23.2 Å². The first kappa shape index (κ1) is 15.2. The fourth-order valence-electron chi connectivity index (χ4n) is 1.92. The van der Waals surface area contributed by atoms with Gasteiger partial charge in [-0.05, 0) is 46.7 Å². The third-order valence-electron chi connectivity index (χ3n) is 3.10. The molecule has 0 amide bonds.